The van der Waals surface area contributed by atoms with Crippen molar-refractivity contribution in [3.05, 3.63) is 71.5 Å². The van der Waals surface area contributed by atoms with Gasteiger partial charge in [0.1, 0.15) is 5.82 Å². The Morgan fingerprint density at radius 2 is 1.69 bits per heavy atom. The standard InChI is InChI=1S/C21H28FN3O/c1-21(2,16-25(3)15-18-7-5-4-6-8-18)24-14-20(26)23-13-17-9-11-19(22)12-10-17/h4-12,24H,13-16H2,1-3H3,(H,23,26). The molecule has 0 aliphatic rings. The lowest BCUT2D eigenvalue weighted by Gasteiger charge is -2.31. The van der Waals surface area contributed by atoms with Gasteiger partial charge in [-0.15, -0.1) is 0 Å². The molecule has 2 N–H and O–H groups in total. The summed E-state index contributed by atoms with van der Waals surface area (Å²) in [6, 6.07) is 16.4. The predicted molar refractivity (Wildman–Crippen MR) is 103 cm³/mol. The number of nitrogens with zero attached hydrogens (tertiary/aromatic N) is 1. The minimum absolute atomic E-state index is 0.0758. The highest BCUT2D eigenvalue weighted by Gasteiger charge is 2.20. The molecule has 0 aliphatic heterocycles. The first kappa shape index (κ1) is 20.1. The van der Waals surface area contributed by atoms with E-state index in [1.54, 1.807) is 12.1 Å². The van der Waals surface area contributed by atoms with E-state index in [-0.39, 0.29) is 23.8 Å². The lowest BCUT2D eigenvalue weighted by atomic mass is 10.0. The van der Waals surface area contributed by atoms with Gasteiger partial charge in [-0.3, -0.25) is 4.79 Å². The fraction of sp³-hybridized carbons (Fsp3) is 0.381. The number of rotatable bonds is 9. The molecule has 140 valence electrons. The van der Waals surface area contributed by atoms with E-state index in [4.69, 9.17) is 0 Å². The number of carbonyl (C=O) groups is 1. The van der Waals surface area contributed by atoms with Crippen molar-refractivity contribution in [3.63, 3.8) is 0 Å². The zero-order chi connectivity index (χ0) is 19.0. The van der Waals surface area contributed by atoms with Crippen molar-refractivity contribution in [2.75, 3.05) is 20.1 Å². The quantitative estimate of drug-likeness (QED) is 0.725. The first-order valence-electron chi connectivity index (χ1n) is 8.83. The zero-order valence-electron chi connectivity index (χ0n) is 15.8. The summed E-state index contributed by atoms with van der Waals surface area (Å²) in [5, 5.41) is 6.15. The smallest absolute Gasteiger partial charge is 0.234 e. The van der Waals surface area contributed by atoms with Crippen molar-refractivity contribution in [3.8, 4) is 0 Å². The normalized spacial score (nSPS) is 11.6. The molecule has 0 saturated carbocycles. The maximum absolute atomic E-state index is 12.9. The summed E-state index contributed by atoms with van der Waals surface area (Å²) in [6.07, 6.45) is 0. The van der Waals surface area contributed by atoms with Crippen molar-refractivity contribution >= 4 is 5.91 Å². The number of hydrogen-bond acceptors (Lipinski definition) is 3. The predicted octanol–water partition coefficient (Wildman–Crippen LogP) is 2.94. The number of halogens is 1. The summed E-state index contributed by atoms with van der Waals surface area (Å²) in [5.74, 6) is -0.351. The minimum Gasteiger partial charge on any atom is -0.351 e. The summed E-state index contributed by atoms with van der Waals surface area (Å²) in [4.78, 5) is 14.3. The van der Waals surface area contributed by atoms with Gasteiger partial charge < -0.3 is 15.5 Å². The molecule has 0 saturated heterocycles. The van der Waals surface area contributed by atoms with Gasteiger partial charge in [-0.2, -0.15) is 0 Å². The molecule has 2 rings (SSSR count). The zero-order valence-corrected chi connectivity index (χ0v) is 15.8. The second kappa shape index (κ2) is 9.46. The summed E-state index contributed by atoms with van der Waals surface area (Å²) in [7, 11) is 2.07. The Balaban J connectivity index is 1.72. The van der Waals surface area contributed by atoms with E-state index < -0.39 is 0 Å². The van der Waals surface area contributed by atoms with Crippen LogP contribution in [0, 0.1) is 5.82 Å². The molecule has 0 heterocycles. The van der Waals surface area contributed by atoms with Crippen LogP contribution in [0.25, 0.3) is 0 Å². The minimum atomic E-state index is -0.275. The van der Waals surface area contributed by atoms with Crippen molar-refractivity contribution in [1.82, 2.24) is 15.5 Å². The van der Waals surface area contributed by atoms with E-state index in [0.717, 1.165) is 18.7 Å². The summed E-state index contributed by atoms with van der Waals surface area (Å²) >= 11 is 0. The van der Waals surface area contributed by atoms with Crippen LogP contribution in [0.5, 0.6) is 0 Å². The Morgan fingerprint density at radius 1 is 1.04 bits per heavy atom. The molecule has 0 aromatic heterocycles. The maximum atomic E-state index is 12.9. The largest absolute Gasteiger partial charge is 0.351 e. The second-order valence-corrected chi connectivity index (χ2v) is 7.30. The van der Waals surface area contributed by atoms with Gasteiger partial charge in [0, 0.05) is 25.2 Å². The Kier molecular flexibility index (Phi) is 7.30. The molecule has 2 aromatic carbocycles. The first-order valence-corrected chi connectivity index (χ1v) is 8.83. The van der Waals surface area contributed by atoms with Gasteiger partial charge in [-0.1, -0.05) is 42.5 Å². The molecule has 26 heavy (non-hydrogen) atoms. The van der Waals surface area contributed by atoms with E-state index in [1.165, 1.54) is 17.7 Å². The molecule has 5 heteroatoms. The molecule has 2 aromatic rings. The Labute approximate surface area is 155 Å². The van der Waals surface area contributed by atoms with E-state index in [2.05, 4.69) is 48.6 Å². The third kappa shape index (κ3) is 7.33. The molecular weight excluding hydrogens is 329 g/mol. The van der Waals surface area contributed by atoms with Gasteiger partial charge >= 0.3 is 0 Å². The van der Waals surface area contributed by atoms with Gasteiger partial charge in [-0.25, -0.2) is 4.39 Å². The van der Waals surface area contributed by atoms with Crippen molar-refractivity contribution in [2.45, 2.75) is 32.5 Å². The number of benzene rings is 2. The van der Waals surface area contributed by atoms with Crippen LogP contribution in [0.4, 0.5) is 4.39 Å². The highest BCUT2D eigenvalue weighted by molar-refractivity contribution is 5.78. The summed E-state index contributed by atoms with van der Waals surface area (Å²) < 4.78 is 12.9. The van der Waals surface area contributed by atoms with Crippen LogP contribution >= 0.6 is 0 Å². The van der Waals surface area contributed by atoms with Crippen LogP contribution in [0.3, 0.4) is 0 Å². The van der Waals surface area contributed by atoms with Crippen molar-refractivity contribution in [2.24, 2.45) is 0 Å². The van der Waals surface area contributed by atoms with Gasteiger partial charge in [-0.05, 0) is 44.2 Å². The third-order valence-corrected chi connectivity index (χ3v) is 4.09. The van der Waals surface area contributed by atoms with Crippen LogP contribution in [0.1, 0.15) is 25.0 Å². The Morgan fingerprint density at radius 3 is 2.35 bits per heavy atom. The first-order chi connectivity index (χ1) is 12.3. The van der Waals surface area contributed by atoms with Crippen molar-refractivity contribution < 1.29 is 9.18 Å². The summed E-state index contributed by atoms with van der Waals surface area (Å²) in [6.45, 7) is 6.49. The molecule has 0 unspecified atom stereocenters. The number of carbonyl (C=O) groups excluding carboxylic acids is 1. The highest BCUT2D eigenvalue weighted by Crippen LogP contribution is 2.08. The fourth-order valence-corrected chi connectivity index (χ4v) is 2.87. The van der Waals surface area contributed by atoms with Gasteiger partial charge in [0.2, 0.25) is 5.91 Å². The van der Waals surface area contributed by atoms with Gasteiger partial charge in [0.15, 0.2) is 0 Å². The monoisotopic (exact) mass is 357 g/mol. The molecule has 1 amide bonds. The molecule has 0 atom stereocenters. The lowest BCUT2D eigenvalue weighted by molar-refractivity contribution is -0.120. The number of amides is 1. The van der Waals surface area contributed by atoms with E-state index in [1.807, 2.05) is 18.2 Å². The fourth-order valence-electron chi connectivity index (χ4n) is 2.87. The Hall–Kier alpha value is -2.24. The molecule has 0 bridgehead atoms. The average Bonchev–Trinajstić information content (AvgIpc) is 2.60. The van der Waals surface area contributed by atoms with Crippen LogP contribution in [0.2, 0.25) is 0 Å². The average molecular weight is 357 g/mol. The van der Waals surface area contributed by atoms with E-state index in [0.29, 0.717) is 6.54 Å². The van der Waals surface area contributed by atoms with Crippen LogP contribution in [-0.4, -0.2) is 36.5 Å². The lowest BCUT2D eigenvalue weighted by Crippen LogP contribution is -2.51. The molecule has 0 aliphatic carbocycles. The van der Waals surface area contributed by atoms with E-state index >= 15 is 0 Å². The van der Waals surface area contributed by atoms with Gasteiger partial charge in [0.05, 0.1) is 6.54 Å². The van der Waals surface area contributed by atoms with Crippen molar-refractivity contribution in [1.29, 1.82) is 0 Å². The number of nitrogens with one attached hydrogen (secondary N) is 2. The maximum Gasteiger partial charge on any atom is 0.234 e. The number of hydrogen-bond donors (Lipinski definition) is 2. The van der Waals surface area contributed by atoms with Crippen LogP contribution in [-0.2, 0) is 17.9 Å². The molecule has 0 radical (unpaired) electrons. The van der Waals surface area contributed by atoms with Crippen LogP contribution < -0.4 is 10.6 Å². The Bertz CT molecular complexity index is 686. The second-order valence-electron chi connectivity index (χ2n) is 7.30. The SMILES string of the molecule is CN(Cc1ccccc1)CC(C)(C)NCC(=O)NCc1ccc(F)cc1. The molecule has 0 spiro atoms. The van der Waals surface area contributed by atoms with Gasteiger partial charge in [0.25, 0.3) is 0 Å². The molecule has 4 nitrogen and oxygen atoms in total. The van der Waals surface area contributed by atoms with Crippen LogP contribution in [0.15, 0.2) is 54.6 Å². The molecule has 0 fully saturated rings. The molecular formula is C21H28FN3O. The third-order valence-electron chi connectivity index (χ3n) is 4.09. The summed E-state index contributed by atoms with van der Waals surface area (Å²) in [5.41, 5.74) is 1.95. The highest BCUT2D eigenvalue weighted by atomic mass is 19.1. The topological polar surface area (TPSA) is 44.4 Å². The van der Waals surface area contributed by atoms with E-state index in [9.17, 15) is 9.18 Å². The number of likely N-dealkylation sites (N-methyl/N-ethyl adjacent to an activating group) is 1.